The zero-order valence-electron chi connectivity index (χ0n) is 11.5. The Hall–Kier alpha value is -1.27. The van der Waals surface area contributed by atoms with Gasteiger partial charge in [-0.2, -0.15) is 0 Å². The zero-order chi connectivity index (χ0) is 14.2. The number of hydrogen-bond acceptors (Lipinski definition) is 4. The second kappa shape index (κ2) is 5.26. The van der Waals surface area contributed by atoms with E-state index in [4.69, 9.17) is 9.47 Å². The van der Waals surface area contributed by atoms with Crippen LogP contribution in [-0.4, -0.2) is 33.9 Å². The molecule has 1 aliphatic heterocycles. The smallest absolute Gasteiger partial charge is 0.214 e. The number of hydrogen-bond donors (Lipinski definition) is 1. The highest BCUT2D eigenvalue weighted by Crippen LogP contribution is 2.31. The molecule has 20 heavy (non-hydrogen) atoms. The first kappa shape index (κ1) is 13.7. The minimum atomic E-state index is -3.10. The van der Waals surface area contributed by atoms with Crippen molar-refractivity contribution in [3.05, 3.63) is 23.8 Å². The van der Waals surface area contributed by atoms with E-state index in [1.54, 1.807) is 7.11 Å². The Kier molecular flexibility index (Phi) is 3.60. The van der Waals surface area contributed by atoms with Gasteiger partial charge in [0.1, 0.15) is 11.5 Å². The topological polar surface area (TPSA) is 64.6 Å². The Morgan fingerprint density at radius 1 is 1.40 bits per heavy atom. The van der Waals surface area contributed by atoms with E-state index in [1.165, 1.54) is 0 Å². The van der Waals surface area contributed by atoms with Crippen LogP contribution in [0.1, 0.15) is 18.4 Å². The van der Waals surface area contributed by atoms with Crippen molar-refractivity contribution in [1.29, 1.82) is 0 Å². The number of benzene rings is 1. The molecule has 0 spiro atoms. The maximum absolute atomic E-state index is 11.8. The molecule has 6 heteroatoms. The van der Waals surface area contributed by atoms with Gasteiger partial charge in [-0.1, -0.05) is 6.07 Å². The number of ether oxygens (including phenoxy) is 2. The van der Waals surface area contributed by atoms with Crippen LogP contribution < -0.4 is 14.2 Å². The predicted molar refractivity (Wildman–Crippen MR) is 75.6 cm³/mol. The number of rotatable bonds is 5. The van der Waals surface area contributed by atoms with Crippen molar-refractivity contribution < 1.29 is 17.9 Å². The van der Waals surface area contributed by atoms with Gasteiger partial charge in [0.25, 0.3) is 0 Å². The molecule has 1 heterocycles. The van der Waals surface area contributed by atoms with Crippen molar-refractivity contribution in [2.24, 2.45) is 5.92 Å². The van der Waals surface area contributed by atoms with Crippen LogP contribution in [0, 0.1) is 5.92 Å². The summed E-state index contributed by atoms with van der Waals surface area (Å²) in [6.45, 7) is 0.984. The van der Waals surface area contributed by atoms with Gasteiger partial charge in [0, 0.05) is 18.5 Å². The molecule has 1 fully saturated rings. The van der Waals surface area contributed by atoms with Crippen LogP contribution in [0.15, 0.2) is 18.2 Å². The fourth-order valence-electron chi connectivity index (χ4n) is 2.40. The third-order valence-corrected chi connectivity index (χ3v) is 5.71. The fourth-order valence-corrected chi connectivity index (χ4v) is 3.86. The Morgan fingerprint density at radius 3 is 2.90 bits per heavy atom. The van der Waals surface area contributed by atoms with Gasteiger partial charge in [0.15, 0.2) is 0 Å². The molecule has 0 radical (unpaired) electrons. The van der Waals surface area contributed by atoms with Crippen molar-refractivity contribution in [2.45, 2.75) is 24.5 Å². The molecule has 2 aliphatic rings. The van der Waals surface area contributed by atoms with Gasteiger partial charge in [-0.25, -0.2) is 13.1 Å². The monoisotopic (exact) mass is 297 g/mol. The number of sulfonamides is 1. The maximum Gasteiger partial charge on any atom is 0.214 e. The molecule has 0 bridgehead atoms. The molecule has 1 atom stereocenters. The number of methoxy groups -OCH3 is 1. The van der Waals surface area contributed by atoms with Crippen LogP contribution in [0.3, 0.4) is 0 Å². The Balaban J connectivity index is 1.61. The standard InChI is InChI=1S/C14H19NO4S/c1-18-12-3-2-11-6-10(9-19-14(11)7-12)8-15-20(16,17)13-4-5-13/h2-3,7,10,13,15H,4-6,8-9H2,1H3/t10-/m0/s1. The summed E-state index contributed by atoms with van der Waals surface area (Å²) >= 11 is 0. The number of nitrogens with one attached hydrogen (secondary N) is 1. The molecule has 110 valence electrons. The molecule has 3 rings (SSSR count). The fraction of sp³-hybridized carbons (Fsp3) is 0.571. The molecular weight excluding hydrogens is 278 g/mol. The third-order valence-electron chi connectivity index (χ3n) is 3.79. The van der Waals surface area contributed by atoms with Gasteiger partial charge in [-0.15, -0.1) is 0 Å². The molecule has 1 saturated carbocycles. The average Bonchev–Trinajstić information content (AvgIpc) is 3.29. The maximum atomic E-state index is 11.8. The highest BCUT2D eigenvalue weighted by Gasteiger charge is 2.36. The molecule has 1 aliphatic carbocycles. The summed E-state index contributed by atoms with van der Waals surface area (Å²) in [6.07, 6.45) is 2.41. The van der Waals surface area contributed by atoms with Crippen molar-refractivity contribution in [1.82, 2.24) is 4.72 Å². The predicted octanol–water partition coefficient (Wildman–Crippen LogP) is 1.33. The first-order valence-corrected chi connectivity index (χ1v) is 8.41. The minimum absolute atomic E-state index is 0.163. The van der Waals surface area contributed by atoms with E-state index < -0.39 is 10.0 Å². The van der Waals surface area contributed by atoms with Crippen LogP contribution in [0.25, 0.3) is 0 Å². The highest BCUT2D eigenvalue weighted by molar-refractivity contribution is 7.90. The van der Waals surface area contributed by atoms with Crippen molar-refractivity contribution in [2.75, 3.05) is 20.3 Å². The lowest BCUT2D eigenvalue weighted by molar-refractivity contribution is 0.222. The molecule has 0 saturated heterocycles. The van der Waals surface area contributed by atoms with Crippen LogP contribution in [0.4, 0.5) is 0 Å². The van der Waals surface area contributed by atoms with Gasteiger partial charge in [0.2, 0.25) is 10.0 Å². The Labute approximate surface area is 119 Å². The van der Waals surface area contributed by atoms with E-state index in [0.29, 0.717) is 13.2 Å². The van der Waals surface area contributed by atoms with Gasteiger partial charge in [-0.3, -0.25) is 0 Å². The van der Waals surface area contributed by atoms with Crippen LogP contribution in [-0.2, 0) is 16.4 Å². The van der Waals surface area contributed by atoms with E-state index in [0.717, 1.165) is 36.3 Å². The van der Waals surface area contributed by atoms with Crippen molar-refractivity contribution in [3.8, 4) is 11.5 Å². The van der Waals surface area contributed by atoms with Crippen LogP contribution >= 0.6 is 0 Å². The van der Waals surface area contributed by atoms with Crippen molar-refractivity contribution in [3.63, 3.8) is 0 Å². The molecule has 5 nitrogen and oxygen atoms in total. The highest BCUT2D eigenvalue weighted by atomic mass is 32.2. The quantitative estimate of drug-likeness (QED) is 0.890. The van der Waals surface area contributed by atoms with Gasteiger partial charge >= 0.3 is 0 Å². The van der Waals surface area contributed by atoms with Crippen molar-refractivity contribution >= 4 is 10.0 Å². The minimum Gasteiger partial charge on any atom is -0.497 e. The first-order valence-electron chi connectivity index (χ1n) is 6.86. The van der Waals surface area contributed by atoms with E-state index >= 15 is 0 Å². The Bertz CT molecular complexity index is 595. The molecule has 1 aromatic rings. The molecule has 0 aromatic heterocycles. The summed E-state index contributed by atoms with van der Waals surface area (Å²) in [5.41, 5.74) is 1.10. The number of fused-ring (bicyclic) bond motifs is 1. The molecule has 0 amide bonds. The molecule has 1 aromatic carbocycles. The van der Waals surface area contributed by atoms with E-state index in [1.807, 2.05) is 18.2 Å². The second-order valence-corrected chi connectivity index (χ2v) is 7.49. The normalized spacial score (nSPS) is 21.9. The van der Waals surface area contributed by atoms with Gasteiger partial charge < -0.3 is 9.47 Å². The zero-order valence-corrected chi connectivity index (χ0v) is 12.3. The van der Waals surface area contributed by atoms with Crippen LogP contribution in [0.2, 0.25) is 0 Å². The van der Waals surface area contributed by atoms with Gasteiger partial charge in [-0.05, 0) is 30.9 Å². The first-order chi connectivity index (χ1) is 9.58. The average molecular weight is 297 g/mol. The summed E-state index contributed by atoms with van der Waals surface area (Å²) in [5, 5.41) is -0.163. The van der Waals surface area contributed by atoms with E-state index in [-0.39, 0.29) is 11.2 Å². The SMILES string of the molecule is COc1ccc2c(c1)OC[C@H](CNS(=O)(=O)C1CC1)C2. The lowest BCUT2D eigenvalue weighted by Gasteiger charge is -2.25. The second-order valence-electron chi connectivity index (χ2n) is 5.45. The summed E-state index contributed by atoms with van der Waals surface area (Å²) in [6, 6.07) is 5.76. The summed E-state index contributed by atoms with van der Waals surface area (Å²) in [5.74, 6) is 1.80. The molecule has 1 N–H and O–H groups in total. The van der Waals surface area contributed by atoms with E-state index in [2.05, 4.69) is 4.72 Å². The lowest BCUT2D eigenvalue weighted by atomic mass is 9.97. The lowest BCUT2D eigenvalue weighted by Crippen LogP contribution is -2.36. The summed E-state index contributed by atoms with van der Waals surface area (Å²) in [4.78, 5) is 0. The third kappa shape index (κ3) is 2.91. The van der Waals surface area contributed by atoms with Gasteiger partial charge in [0.05, 0.1) is 19.0 Å². The Morgan fingerprint density at radius 2 is 2.20 bits per heavy atom. The van der Waals surface area contributed by atoms with E-state index in [9.17, 15) is 8.42 Å². The van der Waals surface area contributed by atoms with Crippen LogP contribution in [0.5, 0.6) is 11.5 Å². The largest absolute Gasteiger partial charge is 0.497 e. The molecular formula is C14H19NO4S. The summed E-state index contributed by atoms with van der Waals surface area (Å²) in [7, 11) is -1.48. The molecule has 0 unspecified atom stereocenters. The summed E-state index contributed by atoms with van der Waals surface area (Å²) < 4.78 is 37.2.